The summed E-state index contributed by atoms with van der Waals surface area (Å²) in [5, 5.41) is 0. The SMILES string of the molecule is FC(F)([18F])c1ccccc1Br. The van der Waals surface area contributed by atoms with E-state index in [1.807, 2.05) is 0 Å². The van der Waals surface area contributed by atoms with Gasteiger partial charge in [-0.3, -0.25) is 0 Å². The minimum Gasteiger partial charge on any atom is -0.166 e. The van der Waals surface area contributed by atoms with Crippen LogP contribution in [0.2, 0.25) is 0 Å². The molecule has 0 fully saturated rings. The zero-order valence-corrected chi connectivity index (χ0v) is 6.91. The molecule has 0 unspecified atom stereocenters. The fourth-order valence-corrected chi connectivity index (χ4v) is 1.20. The number of hydrogen-bond acceptors (Lipinski definition) is 0. The van der Waals surface area contributed by atoms with E-state index in [0.29, 0.717) is 0 Å². The summed E-state index contributed by atoms with van der Waals surface area (Å²) in [6.07, 6.45) is -4.26. The Hall–Kier alpha value is -0.510. The topological polar surface area (TPSA) is 0 Å². The van der Waals surface area contributed by atoms with Crippen LogP contribution < -0.4 is 0 Å². The van der Waals surface area contributed by atoms with Crippen molar-refractivity contribution >= 4 is 15.9 Å². The number of rotatable bonds is 0. The molecule has 0 spiro atoms. The molecule has 0 aliphatic heterocycles. The number of halogens is 4. The highest BCUT2D eigenvalue weighted by molar-refractivity contribution is 9.10. The number of benzene rings is 1. The normalized spacial score (nSPS) is 11.6. The summed E-state index contributed by atoms with van der Waals surface area (Å²) >= 11 is 2.81. The van der Waals surface area contributed by atoms with Gasteiger partial charge in [-0.15, -0.1) is 0 Å². The van der Waals surface area contributed by atoms with Gasteiger partial charge >= 0.3 is 6.18 Å². The smallest absolute Gasteiger partial charge is 0.166 e. The van der Waals surface area contributed by atoms with Crippen LogP contribution in [0, 0.1) is 0 Å². The Balaban J connectivity index is 3.14. The lowest BCUT2D eigenvalue weighted by molar-refractivity contribution is -0.138. The molecule has 1 aromatic rings. The standard InChI is InChI=1S/C7H4BrF3/c8-6-4-2-1-3-5(6)7(9,10)11/h1-4H/i9-1. The molecule has 0 saturated carbocycles. The van der Waals surface area contributed by atoms with Crippen molar-refractivity contribution in [2.75, 3.05) is 0 Å². The van der Waals surface area contributed by atoms with Crippen molar-refractivity contribution in [2.45, 2.75) is 6.18 Å². The highest BCUT2D eigenvalue weighted by Gasteiger charge is 2.32. The number of hydrogen-bond donors (Lipinski definition) is 0. The average molecular weight is 224 g/mol. The molecule has 0 bridgehead atoms. The van der Waals surface area contributed by atoms with Gasteiger partial charge in [0.1, 0.15) is 0 Å². The average Bonchev–Trinajstić information content (AvgIpc) is 1.86. The molecule has 0 atom stereocenters. The van der Waals surface area contributed by atoms with E-state index in [2.05, 4.69) is 15.9 Å². The van der Waals surface area contributed by atoms with Gasteiger partial charge < -0.3 is 0 Å². The van der Waals surface area contributed by atoms with Gasteiger partial charge in [-0.05, 0) is 12.1 Å². The maximum absolute atomic E-state index is 12.0. The van der Waals surface area contributed by atoms with E-state index < -0.39 is 11.7 Å². The Morgan fingerprint density at radius 1 is 1.09 bits per heavy atom. The van der Waals surface area contributed by atoms with Crippen LogP contribution in [0.25, 0.3) is 0 Å². The minimum atomic E-state index is -4.26. The minimum absolute atomic E-state index is 0.0764. The van der Waals surface area contributed by atoms with Gasteiger partial charge in [-0.2, -0.15) is 13.2 Å². The molecule has 60 valence electrons. The van der Waals surface area contributed by atoms with Gasteiger partial charge in [-0.25, -0.2) is 0 Å². The quantitative estimate of drug-likeness (QED) is 0.632. The van der Waals surface area contributed by atoms with Crippen molar-refractivity contribution in [3.05, 3.63) is 34.3 Å². The van der Waals surface area contributed by atoms with Gasteiger partial charge in [0.25, 0.3) is 0 Å². The first-order valence-electron chi connectivity index (χ1n) is 2.83. The van der Waals surface area contributed by atoms with E-state index in [-0.39, 0.29) is 4.47 Å². The Morgan fingerprint density at radius 3 is 2.00 bits per heavy atom. The molecule has 0 aliphatic carbocycles. The van der Waals surface area contributed by atoms with Gasteiger partial charge in [0.2, 0.25) is 0 Å². The summed E-state index contributed by atoms with van der Waals surface area (Å²) in [5.41, 5.74) is -0.639. The highest BCUT2D eigenvalue weighted by atomic mass is 79.9. The van der Waals surface area contributed by atoms with Crippen molar-refractivity contribution in [3.8, 4) is 0 Å². The molecular formula is C7H4BrF3. The Bertz CT molecular complexity index is 254. The van der Waals surface area contributed by atoms with Crippen molar-refractivity contribution in [3.63, 3.8) is 0 Å². The van der Waals surface area contributed by atoms with Crippen LogP contribution in [-0.4, -0.2) is 0 Å². The maximum atomic E-state index is 12.0. The molecule has 0 heterocycles. The monoisotopic (exact) mass is 223 g/mol. The second kappa shape index (κ2) is 2.85. The van der Waals surface area contributed by atoms with Gasteiger partial charge in [0.05, 0.1) is 5.56 Å². The molecule has 0 aromatic heterocycles. The molecule has 4 heteroatoms. The fourth-order valence-electron chi connectivity index (χ4n) is 0.691. The van der Waals surface area contributed by atoms with Crippen molar-refractivity contribution in [1.29, 1.82) is 0 Å². The summed E-state index contributed by atoms with van der Waals surface area (Å²) in [4.78, 5) is 0. The predicted molar refractivity (Wildman–Crippen MR) is 39.1 cm³/mol. The molecule has 0 radical (unpaired) electrons. The summed E-state index contributed by atoms with van der Waals surface area (Å²) in [6.45, 7) is 0. The first-order chi connectivity index (χ1) is 5.02. The van der Waals surface area contributed by atoms with Crippen LogP contribution >= 0.6 is 15.9 Å². The third kappa shape index (κ3) is 1.96. The molecule has 1 rings (SSSR count). The summed E-state index contributed by atoms with van der Waals surface area (Å²) in [7, 11) is 0. The Morgan fingerprint density at radius 2 is 1.64 bits per heavy atom. The lowest BCUT2D eigenvalue weighted by atomic mass is 10.2. The lowest BCUT2D eigenvalue weighted by Crippen LogP contribution is -2.05. The van der Waals surface area contributed by atoms with Crippen LogP contribution in [0.3, 0.4) is 0 Å². The van der Waals surface area contributed by atoms with Crippen molar-refractivity contribution in [1.82, 2.24) is 0 Å². The molecule has 0 aliphatic rings. The van der Waals surface area contributed by atoms with Crippen molar-refractivity contribution in [2.24, 2.45) is 0 Å². The predicted octanol–water partition coefficient (Wildman–Crippen LogP) is 3.47. The van der Waals surface area contributed by atoms with Gasteiger partial charge in [0, 0.05) is 4.47 Å². The molecule has 0 N–H and O–H groups in total. The molecular weight excluding hydrogens is 220 g/mol. The second-order valence-corrected chi connectivity index (χ2v) is 2.83. The van der Waals surface area contributed by atoms with Crippen LogP contribution in [0.1, 0.15) is 5.56 Å². The summed E-state index contributed by atoms with van der Waals surface area (Å²) < 4.78 is 36.1. The van der Waals surface area contributed by atoms with E-state index >= 15 is 0 Å². The lowest BCUT2D eigenvalue weighted by Gasteiger charge is -2.07. The first-order valence-corrected chi connectivity index (χ1v) is 3.63. The van der Waals surface area contributed by atoms with E-state index in [1.54, 1.807) is 6.07 Å². The van der Waals surface area contributed by atoms with E-state index in [1.165, 1.54) is 12.1 Å². The first kappa shape index (κ1) is 8.59. The number of alkyl halides is 3. The Labute approximate surface area is 70.2 Å². The summed E-state index contributed by atoms with van der Waals surface area (Å²) in [6, 6.07) is 5.29. The fraction of sp³-hybridized carbons (Fsp3) is 0.143. The zero-order chi connectivity index (χ0) is 8.48. The van der Waals surface area contributed by atoms with Crippen LogP contribution in [0.4, 0.5) is 13.2 Å². The zero-order valence-electron chi connectivity index (χ0n) is 5.32. The van der Waals surface area contributed by atoms with Crippen LogP contribution in [0.15, 0.2) is 28.7 Å². The largest absolute Gasteiger partial charge is 0.417 e. The van der Waals surface area contributed by atoms with Crippen LogP contribution in [0.5, 0.6) is 0 Å². The molecule has 11 heavy (non-hydrogen) atoms. The third-order valence-corrected chi connectivity index (χ3v) is 1.87. The second-order valence-electron chi connectivity index (χ2n) is 1.98. The van der Waals surface area contributed by atoms with Crippen molar-refractivity contribution < 1.29 is 13.2 Å². The van der Waals surface area contributed by atoms with E-state index in [9.17, 15) is 13.2 Å². The Kier molecular flexibility index (Phi) is 2.23. The van der Waals surface area contributed by atoms with E-state index in [0.717, 1.165) is 6.07 Å². The molecule has 1 aromatic carbocycles. The van der Waals surface area contributed by atoms with Gasteiger partial charge in [0.15, 0.2) is 0 Å². The van der Waals surface area contributed by atoms with E-state index in [4.69, 9.17) is 0 Å². The molecule has 0 nitrogen and oxygen atoms in total. The third-order valence-electron chi connectivity index (χ3n) is 1.18. The summed E-state index contributed by atoms with van der Waals surface area (Å²) in [5.74, 6) is 0. The van der Waals surface area contributed by atoms with Gasteiger partial charge in [-0.1, -0.05) is 28.1 Å². The molecule has 0 amide bonds. The maximum Gasteiger partial charge on any atom is 0.417 e. The molecule has 0 saturated heterocycles. The highest BCUT2D eigenvalue weighted by Crippen LogP contribution is 2.34. The van der Waals surface area contributed by atoms with Crippen LogP contribution in [-0.2, 0) is 6.18 Å².